The summed E-state index contributed by atoms with van der Waals surface area (Å²) >= 11 is 0. The van der Waals surface area contributed by atoms with Gasteiger partial charge in [-0.2, -0.15) is 0 Å². The number of hydrogen-bond donors (Lipinski definition) is 0. The first kappa shape index (κ1) is 17.3. The monoisotopic (exact) mass is 356 g/mol. The summed E-state index contributed by atoms with van der Waals surface area (Å²) in [7, 11) is 2.07. The predicted molar refractivity (Wildman–Crippen MR) is 109 cm³/mol. The van der Waals surface area contributed by atoms with Crippen LogP contribution in [-0.2, 0) is 18.3 Å². The van der Waals surface area contributed by atoms with Gasteiger partial charge in [-0.1, -0.05) is 54.6 Å². The third kappa shape index (κ3) is 3.87. The molecule has 2 aromatic carbocycles. The summed E-state index contributed by atoms with van der Waals surface area (Å²) in [6.07, 6.45) is 7.24. The predicted octanol–water partition coefficient (Wildman–Crippen LogP) is 4.76. The van der Waals surface area contributed by atoms with Crippen LogP contribution >= 0.6 is 0 Å². The van der Waals surface area contributed by atoms with E-state index in [9.17, 15) is 4.79 Å². The Labute approximate surface area is 160 Å². The van der Waals surface area contributed by atoms with Crippen LogP contribution in [0.5, 0.6) is 0 Å². The number of rotatable bonds is 5. The highest BCUT2D eigenvalue weighted by Gasteiger charge is 2.24. The lowest BCUT2D eigenvalue weighted by Gasteiger charge is -2.33. The van der Waals surface area contributed by atoms with E-state index in [4.69, 9.17) is 0 Å². The van der Waals surface area contributed by atoms with Crippen molar-refractivity contribution in [3.63, 3.8) is 0 Å². The lowest BCUT2D eigenvalue weighted by atomic mass is 9.95. The number of aromatic nitrogens is 1. The van der Waals surface area contributed by atoms with Crippen LogP contribution in [0.25, 0.3) is 11.1 Å². The Balaban J connectivity index is 1.53. The first-order valence-electron chi connectivity index (χ1n) is 9.43. The standard InChI is InChI=1S/C24H24N2O/c1-25-15-5-8-22(25)13-16-26-17-14-23(27)18-24(26)21-11-9-20(10-12-21)19-6-3-2-4-7-19/h2-12,14-15,17,24H,13,16,18H2,1H3. The molecule has 3 heteroatoms. The molecule has 1 aliphatic rings. The molecule has 27 heavy (non-hydrogen) atoms. The van der Waals surface area contributed by atoms with Crippen molar-refractivity contribution >= 4 is 5.78 Å². The summed E-state index contributed by atoms with van der Waals surface area (Å²) in [4.78, 5) is 14.3. The molecular formula is C24H24N2O. The topological polar surface area (TPSA) is 25.2 Å². The van der Waals surface area contributed by atoms with E-state index >= 15 is 0 Å². The average molecular weight is 356 g/mol. The minimum Gasteiger partial charge on any atom is -0.369 e. The number of allylic oxidation sites excluding steroid dienone is 1. The Morgan fingerprint density at radius 2 is 1.67 bits per heavy atom. The maximum absolute atomic E-state index is 12.1. The van der Waals surface area contributed by atoms with Crippen LogP contribution in [0.1, 0.15) is 23.7 Å². The Bertz CT molecular complexity index is 938. The zero-order valence-electron chi connectivity index (χ0n) is 15.6. The van der Waals surface area contributed by atoms with Crippen molar-refractivity contribution in [2.45, 2.75) is 18.9 Å². The number of carbonyl (C=O) groups excluding carboxylic acids is 1. The first-order chi connectivity index (χ1) is 13.2. The highest BCUT2D eigenvalue weighted by atomic mass is 16.1. The summed E-state index contributed by atoms with van der Waals surface area (Å²) in [5.41, 5.74) is 4.91. The Kier molecular flexibility index (Phi) is 4.93. The molecular weight excluding hydrogens is 332 g/mol. The van der Waals surface area contributed by atoms with E-state index in [-0.39, 0.29) is 11.8 Å². The highest BCUT2D eigenvalue weighted by Crippen LogP contribution is 2.30. The molecule has 0 radical (unpaired) electrons. The minimum absolute atomic E-state index is 0.104. The smallest absolute Gasteiger partial charge is 0.159 e. The van der Waals surface area contributed by atoms with Gasteiger partial charge in [0.1, 0.15) is 0 Å². The van der Waals surface area contributed by atoms with Crippen molar-refractivity contribution in [1.82, 2.24) is 9.47 Å². The fourth-order valence-corrected chi connectivity index (χ4v) is 3.73. The molecule has 136 valence electrons. The van der Waals surface area contributed by atoms with Crippen LogP contribution in [-0.4, -0.2) is 21.8 Å². The molecule has 0 saturated carbocycles. The van der Waals surface area contributed by atoms with Gasteiger partial charge >= 0.3 is 0 Å². The van der Waals surface area contributed by atoms with E-state index in [1.54, 1.807) is 6.08 Å². The summed E-state index contributed by atoms with van der Waals surface area (Å²) in [5, 5.41) is 0. The lowest BCUT2D eigenvalue weighted by molar-refractivity contribution is -0.116. The maximum atomic E-state index is 12.1. The largest absolute Gasteiger partial charge is 0.369 e. The quantitative estimate of drug-likeness (QED) is 0.658. The number of hydrogen-bond acceptors (Lipinski definition) is 2. The van der Waals surface area contributed by atoms with Gasteiger partial charge in [0.2, 0.25) is 0 Å². The number of carbonyl (C=O) groups is 1. The molecule has 0 aliphatic carbocycles. The molecule has 0 fully saturated rings. The van der Waals surface area contributed by atoms with E-state index in [1.165, 1.54) is 22.4 Å². The first-order valence-corrected chi connectivity index (χ1v) is 9.43. The number of benzene rings is 2. The summed E-state index contributed by atoms with van der Waals surface area (Å²) in [6.45, 7) is 0.896. The molecule has 0 bridgehead atoms. The van der Waals surface area contributed by atoms with Crippen LogP contribution in [0.2, 0.25) is 0 Å². The molecule has 1 aliphatic heterocycles. The van der Waals surface area contributed by atoms with Crippen molar-refractivity contribution in [2.24, 2.45) is 7.05 Å². The Morgan fingerprint density at radius 3 is 2.37 bits per heavy atom. The van der Waals surface area contributed by atoms with Crippen LogP contribution in [0, 0.1) is 0 Å². The van der Waals surface area contributed by atoms with Crippen LogP contribution in [0.4, 0.5) is 0 Å². The van der Waals surface area contributed by atoms with Gasteiger partial charge in [0.15, 0.2) is 5.78 Å². The number of aryl methyl sites for hydroxylation is 1. The molecule has 2 heterocycles. The molecule has 0 spiro atoms. The summed E-state index contributed by atoms with van der Waals surface area (Å²) < 4.78 is 2.16. The molecule has 1 atom stereocenters. The Hall–Kier alpha value is -3.07. The molecule has 0 amide bonds. The highest BCUT2D eigenvalue weighted by molar-refractivity contribution is 5.91. The molecule has 1 aromatic heterocycles. The van der Waals surface area contributed by atoms with Crippen LogP contribution < -0.4 is 0 Å². The van der Waals surface area contributed by atoms with Gasteiger partial charge in [-0.05, 0) is 34.9 Å². The van der Waals surface area contributed by atoms with Gasteiger partial charge in [-0.15, -0.1) is 0 Å². The summed E-state index contributed by atoms with van der Waals surface area (Å²) in [5.74, 6) is 0.197. The van der Waals surface area contributed by atoms with Gasteiger partial charge in [0.05, 0.1) is 6.04 Å². The Morgan fingerprint density at radius 1 is 0.926 bits per heavy atom. The second-order valence-electron chi connectivity index (χ2n) is 7.09. The second-order valence-corrected chi connectivity index (χ2v) is 7.09. The van der Waals surface area contributed by atoms with E-state index in [0.717, 1.165) is 13.0 Å². The zero-order valence-corrected chi connectivity index (χ0v) is 15.6. The normalized spacial score (nSPS) is 16.7. The third-order valence-corrected chi connectivity index (χ3v) is 5.33. The van der Waals surface area contributed by atoms with Gasteiger partial charge in [0.25, 0.3) is 0 Å². The number of nitrogens with zero attached hydrogens (tertiary/aromatic N) is 2. The van der Waals surface area contributed by atoms with Crippen molar-refractivity contribution in [1.29, 1.82) is 0 Å². The van der Waals surface area contributed by atoms with Crippen molar-refractivity contribution in [2.75, 3.05) is 6.54 Å². The van der Waals surface area contributed by atoms with E-state index in [2.05, 4.69) is 83.4 Å². The van der Waals surface area contributed by atoms with E-state index in [0.29, 0.717) is 6.42 Å². The molecule has 1 unspecified atom stereocenters. The van der Waals surface area contributed by atoms with Gasteiger partial charge in [0, 0.05) is 44.5 Å². The minimum atomic E-state index is 0.104. The van der Waals surface area contributed by atoms with Gasteiger partial charge in [-0.25, -0.2) is 0 Å². The maximum Gasteiger partial charge on any atom is 0.159 e. The zero-order chi connectivity index (χ0) is 18.6. The number of ketones is 1. The van der Waals surface area contributed by atoms with E-state index in [1.807, 2.05) is 12.3 Å². The fraction of sp³-hybridized carbons (Fsp3) is 0.208. The molecule has 4 rings (SSSR count). The van der Waals surface area contributed by atoms with Crippen molar-refractivity contribution in [3.05, 3.63) is 96.5 Å². The van der Waals surface area contributed by atoms with Crippen molar-refractivity contribution < 1.29 is 4.79 Å². The molecule has 0 N–H and O–H groups in total. The SMILES string of the molecule is Cn1cccc1CCN1C=CC(=O)CC1c1ccc(-c2ccccc2)cc1. The van der Waals surface area contributed by atoms with Crippen LogP contribution in [0.15, 0.2) is 85.2 Å². The summed E-state index contributed by atoms with van der Waals surface area (Å²) in [6, 6.07) is 23.3. The lowest BCUT2D eigenvalue weighted by Crippen LogP contribution is -2.31. The fourth-order valence-electron chi connectivity index (χ4n) is 3.73. The average Bonchev–Trinajstić information content (AvgIpc) is 3.12. The van der Waals surface area contributed by atoms with Crippen LogP contribution in [0.3, 0.4) is 0 Å². The third-order valence-electron chi connectivity index (χ3n) is 5.33. The van der Waals surface area contributed by atoms with Crippen molar-refractivity contribution in [3.8, 4) is 11.1 Å². The molecule has 0 saturated heterocycles. The van der Waals surface area contributed by atoms with Gasteiger partial charge < -0.3 is 9.47 Å². The molecule has 3 nitrogen and oxygen atoms in total. The molecule has 3 aromatic rings. The second kappa shape index (κ2) is 7.67. The van der Waals surface area contributed by atoms with E-state index < -0.39 is 0 Å². The van der Waals surface area contributed by atoms with Gasteiger partial charge in [-0.3, -0.25) is 4.79 Å².